The molecule has 0 aromatic heterocycles. The third-order valence-electron chi connectivity index (χ3n) is 2.82. The van der Waals surface area contributed by atoms with Crippen LogP contribution in [0.2, 0.25) is 5.02 Å². The van der Waals surface area contributed by atoms with Crippen molar-refractivity contribution in [1.82, 2.24) is 0 Å². The third kappa shape index (κ3) is 6.49. The first-order valence-corrected chi connectivity index (χ1v) is 7.20. The van der Waals surface area contributed by atoms with E-state index < -0.39 is 17.9 Å². The zero-order valence-electron chi connectivity index (χ0n) is 11.9. The van der Waals surface area contributed by atoms with Crippen LogP contribution in [0.5, 0.6) is 5.75 Å². The van der Waals surface area contributed by atoms with Crippen molar-refractivity contribution >= 4 is 23.5 Å². The first-order valence-electron chi connectivity index (χ1n) is 6.82. The fourth-order valence-electron chi connectivity index (χ4n) is 1.78. The van der Waals surface area contributed by atoms with Crippen LogP contribution in [0.3, 0.4) is 0 Å². The summed E-state index contributed by atoms with van der Waals surface area (Å²) in [4.78, 5) is 22.5. The van der Waals surface area contributed by atoms with Gasteiger partial charge in [0.05, 0.1) is 13.2 Å². The number of halogens is 1. The molecule has 0 aliphatic rings. The number of carboxylic acid groups (broad SMARTS) is 1. The Balaban J connectivity index is 2.28. The highest BCUT2D eigenvalue weighted by atomic mass is 35.5. The Kier molecular flexibility index (Phi) is 7.61. The van der Waals surface area contributed by atoms with Crippen molar-refractivity contribution in [2.75, 3.05) is 13.2 Å². The molecule has 0 radical (unpaired) electrons. The second kappa shape index (κ2) is 9.23. The lowest BCUT2D eigenvalue weighted by Gasteiger charge is -2.11. The number of rotatable bonds is 9. The zero-order chi connectivity index (χ0) is 15.7. The number of benzene rings is 1. The van der Waals surface area contributed by atoms with E-state index in [-0.39, 0.29) is 13.0 Å². The number of aliphatic carboxylic acids is 1. The average molecular weight is 315 g/mol. The first-order chi connectivity index (χ1) is 10.0. The Labute approximate surface area is 128 Å². The van der Waals surface area contributed by atoms with Crippen LogP contribution in [-0.4, -0.2) is 30.3 Å². The summed E-state index contributed by atoms with van der Waals surface area (Å²) < 4.78 is 10.2. The fraction of sp³-hybridized carbons (Fsp3) is 0.467. The maximum atomic E-state index is 11.5. The molecule has 1 aromatic carbocycles. The van der Waals surface area contributed by atoms with Gasteiger partial charge in [-0.25, -0.2) is 0 Å². The molecule has 1 unspecified atom stereocenters. The average Bonchev–Trinajstić information content (AvgIpc) is 2.42. The number of hydrogen-bond donors (Lipinski definition) is 1. The summed E-state index contributed by atoms with van der Waals surface area (Å²) in [6.07, 6.45) is 1.46. The maximum Gasteiger partial charge on any atom is 0.320 e. The van der Waals surface area contributed by atoms with Gasteiger partial charge in [-0.1, -0.05) is 17.7 Å². The van der Waals surface area contributed by atoms with Crippen molar-refractivity contribution in [2.24, 2.45) is 5.92 Å². The van der Waals surface area contributed by atoms with Gasteiger partial charge >= 0.3 is 11.9 Å². The van der Waals surface area contributed by atoms with Crippen LogP contribution in [-0.2, 0) is 14.3 Å². The van der Waals surface area contributed by atoms with E-state index >= 15 is 0 Å². The van der Waals surface area contributed by atoms with Gasteiger partial charge in [0.2, 0.25) is 0 Å². The van der Waals surface area contributed by atoms with Gasteiger partial charge in [-0.05, 0) is 44.4 Å². The minimum Gasteiger partial charge on any atom is -0.494 e. The molecule has 0 fully saturated rings. The lowest BCUT2D eigenvalue weighted by atomic mass is 10.0. The molecule has 1 rings (SSSR count). The van der Waals surface area contributed by atoms with Gasteiger partial charge in [0.1, 0.15) is 5.75 Å². The van der Waals surface area contributed by atoms with Gasteiger partial charge in [-0.15, -0.1) is 0 Å². The van der Waals surface area contributed by atoms with Crippen LogP contribution in [0.1, 0.15) is 26.2 Å². The van der Waals surface area contributed by atoms with Crippen molar-refractivity contribution in [2.45, 2.75) is 26.2 Å². The summed E-state index contributed by atoms with van der Waals surface area (Å²) in [7, 11) is 0. The van der Waals surface area contributed by atoms with Crippen LogP contribution < -0.4 is 4.74 Å². The van der Waals surface area contributed by atoms with Crippen molar-refractivity contribution in [3.05, 3.63) is 29.3 Å². The molecule has 21 heavy (non-hydrogen) atoms. The van der Waals surface area contributed by atoms with E-state index in [1.54, 1.807) is 31.2 Å². The topological polar surface area (TPSA) is 72.8 Å². The highest BCUT2D eigenvalue weighted by molar-refractivity contribution is 6.30. The predicted octanol–water partition coefficient (Wildman–Crippen LogP) is 3.15. The first kappa shape index (κ1) is 17.3. The fourth-order valence-corrected chi connectivity index (χ4v) is 1.96. The van der Waals surface area contributed by atoms with E-state index in [0.717, 1.165) is 0 Å². The SMILES string of the molecule is CCOC(=O)C(CCCCOc1cccc(Cl)c1)C(=O)O. The molecule has 0 aliphatic carbocycles. The highest BCUT2D eigenvalue weighted by Crippen LogP contribution is 2.18. The molecule has 0 saturated heterocycles. The number of carboxylic acids is 1. The Bertz CT molecular complexity index is 475. The number of ether oxygens (including phenoxy) is 2. The summed E-state index contributed by atoms with van der Waals surface area (Å²) in [6.45, 7) is 2.27. The third-order valence-corrected chi connectivity index (χ3v) is 3.06. The number of hydrogen-bond acceptors (Lipinski definition) is 4. The second-order valence-electron chi connectivity index (χ2n) is 4.44. The summed E-state index contributed by atoms with van der Waals surface area (Å²) in [5.74, 6) is -2.26. The van der Waals surface area contributed by atoms with Gasteiger partial charge in [-0.2, -0.15) is 0 Å². The van der Waals surface area contributed by atoms with Crippen molar-refractivity contribution in [3.63, 3.8) is 0 Å². The van der Waals surface area contributed by atoms with E-state index in [1.807, 2.05) is 0 Å². The number of esters is 1. The van der Waals surface area contributed by atoms with E-state index in [4.69, 9.17) is 26.2 Å². The molecule has 0 amide bonds. The van der Waals surface area contributed by atoms with E-state index in [0.29, 0.717) is 30.2 Å². The molecule has 1 aromatic rings. The molecule has 0 heterocycles. The van der Waals surface area contributed by atoms with Crippen LogP contribution in [0.4, 0.5) is 0 Å². The summed E-state index contributed by atoms with van der Waals surface area (Å²) in [6, 6.07) is 7.05. The van der Waals surface area contributed by atoms with Gasteiger partial charge in [0.15, 0.2) is 5.92 Å². The predicted molar refractivity (Wildman–Crippen MR) is 78.6 cm³/mol. The Morgan fingerprint density at radius 3 is 2.71 bits per heavy atom. The number of carbonyl (C=O) groups excluding carboxylic acids is 1. The molecule has 0 aliphatic heterocycles. The molecule has 1 atom stereocenters. The number of unbranched alkanes of at least 4 members (excludes halogenated alkanes) is 1. The molecule has 0 bridgehead atoms. The van der Waals surface area contributed by atoms with Crippen LogP contribution in [0.15, 0.2) is 24.3 Å². The minimum atomic E-state index is -1.15. The normalized spacial score (nSPS) is 11.7. The summed E-state index contributed by atoms with van der Waals surface area (Å²) >= 11 is 5.83. The van der Waals surface area contributed by atoms with Crippen LogP contribution in [0.25, 0.3) is 0 Å². The minimum absolute atomic E-state index is 0.181. The molecular formula is C15H19ClO5. The van der Waals surface area contributed by atoms with Crippen molar-refractivity contribution < 1.29 is 24.2 Å². The van der Waals surface area contributed by atoms with Crippen molar-refractivity contribution in [1.29, 1.82) is 0 Å². The Morgan fingerprint density at radius 2 is 2.10 bits per heavy atom. The lowest BCUT2D eigenvalue weighted by molar-refractivity contribution is -0.158. The molecule has 0 saturated carbocycles. The van der Waals surface area contributed by atoms with Gasteiger partial charge < -0.3 is 14.6 Å². The number of carbonyl (C=O) groups is 2. The second-order valence-corrected chi connectivity index (χ2v) is 4.88. The zero-order valence-corrected chi connectivity index (χ0v) is 12.6. The van der Waals surface area contributed by atoms with Gasteiger partial charge in [0.25, 0.3) is 0 Å². The Morgan fingerprint density at radius 1 is 1.33 bits per heavy atom. The standard InChI is InChI=1S/C15H19ClO5/c1-2-20-15(19)13(14(17)18)8-3-4-9-21-12-7-5-6-11(16)10-12/h5-7,10,13H,2-4,8-9H2,1H3,(H,17,18). The molecule has 1 N–H and O–H groups in total. The quantitative estimate of drug-likeness (QED) is 0.430. The van der Waals surface area contributed by atoms with E-state index in [9.17, 15) is 9.59 Å². The summed E-state index contributed by atoms with van der Waals surface area (Å²) in [5, 5.41) is 9.59. The van der Waals surface area contributed by atoms with Crippen LogP contribution in [0, 0.1) is 5.92 Å². The summed E-state index contributed by atoms with van der Waals surface area (Å²) in [5.41, 5.74) is 0. The largest absolute Gasteiger partial charge is 0.494 e. The molecule has 116 valence electrons. The molecule has 0 spiro atoms. The maximum absolute atomic E-state index is 11.5. The molecule has 6 heteroatoms. The van der Waals surface area contributed by atoms with E-state index in [1.165, 1.54) is 0 Å². The van der Waals surface area contributed by atoms with Crippen molar-refractivity contribution in [3.8, 4) is 5.75 Å². The molecule has 5 nitrogen and oxygen atoms in total. The smallest absolute Gasteiger partial charge is 0.320 e. The van der Waals surface area contributed by atoms with Gasteiger partial charge in [0, 0.05) is 5.02 Å². The highest BCUT2D eigenvalue weighted by Gasteiger charge is 2.26. The monoisotopic (exact) mass is 314 g/mol. The Hall–Kier alpha value is -1.75. The van der Waals surface area contributed by atoms with Gasteiger partial charge in [-0.3, -0.25) is 9.59 Å². The molecular weight excluding hydrogens is 296 g/mol. The van der Waals surface area contributed by atoms with E-state index in [2.05, 4.69) is 0 Å². The lowest BCUT2D eigenvalue weighted by Crippen LogP contribution is -2.26. The van der Waals surface area contributed by atoms with Crippen LogP contribution >= 0.6 is 11.6 Å².